The lowest BCUT2D eigenvalue weighted by atomic mass is 10.0. The highest BCUT2D eigenvalue weighted by atomic mass is 35.5. The average molecular weight is 285 g/mol. The average Bonchev–Trinajstić information content (AvgIpc) is 2.75. The first-order valence-electron chi connectivity index (χ1n) is 5.56. The smallest absolute Gasteiger partial charge is 0.122 e. The van der Waals surface area contributed by atoms with Gasteiger partial charge in [0.15, 0.2) is 0 Å². The minimum atomic E-state index is -0.114. The summed E-state index contributed by atoms with van der Waals surface area (Å²) in [6.07, 6.45) is 0.638. The van der Waals surface area contributed by atoms with Crippen molar-refractivity contribution in [3.63, 3.8) is 0 Å². The maximum atomic E-state index is 6.14. The summed E-state index contributed by atoms with van der Waals surface area (Å²) >= 11 is 12.0. The Morgan fingerprint density at radius 3 is 2.61 bits per heavy atom. The first-order chi connectivity index (χ1) is 8.60. The molecule has 1 heterocycles. The van der Waals surface area contributed by atoms with Crippen LogP contribution in [0.4, 0.5) is 0 Å². The van der Waals surface area contributed by atoms with Crippen LogP contribution < -0.4 is 11.3 Å². The van der Waals surface area contributed by atoms with Gasteiger partial charge in [0.25, 0.3) is 0 Å². The molecular formula is C13H14Cl2N2O. The van der Waals surface area contributed by atoms with E-state index in [2.05, 4.69) is 5.43 Å². The molecule has 0 bridgehead atoms. The van der Waals surface area contributed by atoms with Crippen molar-refractivity contribution in [3.05, 3.63) is 57.5 Å². The van der Waals surface area contributed by atoms with Crippen LogP contribution in [-0.2, 0) is 6.42 Å². The van der Waals surface area contributed by atoms with Gasteiger partial charge in [0.05, 0.1) is 6.04 Å². The molecule has 3 nitrogen and oxygen atoms in total. The van der Waals surface area contributed by atoms with E-state index in [1.54, 1.807) is 6.07 Å². The van der Waals surface area contributed by atoms with Gasteiger partial charge in [0, 0.05) is 10.0 Å². The molecule has 0 spiro atoms. The molecule has 2 rings (SSSR count). The highest BCUT2D eigenvalue weighted by molar-refractivity contribution is 6.35. The van der Waals surface area contributed by atoms with Gasteiger partial charge >= 0.3 is 0 Å². The molecule has 0 aliphatic heterocycles. The van der Waals surface area contributed by atoms with Crippen molar-refractivity contribution in [1.82, 2.24) is 5.43 Å². The van der Waals surface area contributed by atoms with Crippen molar-refractivity contribution in [1.29, 1.82) is 0 Å². The number of nitrogens with two attached hydrogens (primary N) is 1. The van der Waals surface area contributed by atoms with Gasteiger partial charge in [0.2, 0.25) is 0 Å². The zero-order valence-corrected chi connectivity index (χ0v) is 11.4. The predicted molar refractivity (Wildman–Crippen MR) is 73.7 cm³/mol. The molecule has 0 saturated heterocycles. The van der Waals surface area contributed by atoms with Gasteiger partial charge in [-0.3, -0.25) is 5.84 Å². The summed E-state index contributed by atoms with van der Waals surface area (Å²) < 4.78 is 5.56. The second-order valence-electron chi connectivity index (χ2n) is 4.11. The molecule has 0 fully saturated rings. The maximum Gasteiger partial charge on any atom is 0.122 e. The zero-order chi connectivity index (χ0) is 13.1. The quantitative estimate of drug-likeness (QED) is 0.666. The molecule has 2 aromatic rings. The van der Waals surface area contributed by atoms with Gasteiger partial charge in [-0.2, -0.15) is 0 Å². The van der Waals surface area contributed by atoms with Crippen molar-refractivity contribution in [2.75, 3.05) is 0 Å². The molecule has 1 unspecified atom stereocenters. The summed E-state index contributed by atoms with van der Waals surface area (Å²) in [7, 11) is 0. The Kier molecular flexibility index (Phi) is 4.30. The van der Waals surface area contributed by atoms with E-state index < -0.39 is 0 Å². The van der Waals surface area contributed by atoms with E-state index in [-0.39, 0.29) is 6.04 Å². The summed E-state index contributed by atoms with van der Waals surface area (Å²) in [6.45, 7) is 1.90. The van der Waals surface area contributed by atoms with Crippen LogP contribution in [0.2, 0.25) is 10.0 Å². The fourth-order valence-corrected chi connectivity index (χ4v) is 2.28. The molecule has 0 aliphatic carbocycles. The number of furan rings is 1. The van der Waals surface area contributed by atoms with Crippen molar-refractivity contribution < 1.29 is 4.42 Å². The standard InChI is InChI=1S/C13H14Cl2N2O/c1-8-2-5-13(18-8)12(17-16)6-9-3-4-10(14)7-11(9)15/h2-5,7,12,17H,6,16H2,1H3. The largest absolute Gasteiger partial charge is 0.465 e. The van der Waals surface area contributed by atoms with Crippen LogP contribution in [0, 0.1) is 6.92 Å². The third-order valence-electron chi connectivity index (χ3n) is 2.74. The lowest BCUT2D eigenvalue weighted by Crippen LogP contribution is -2.29. The topological polar surface area (TPSA) is 51.2 Å². The summed E-state index contributed by atoms with van der Waals surface area (Å²) in [6, 6.07) is 9.12. The van der Waals surface area contributed by atoms with E-state index in [9.17, 15) is 0 Å². The van der Waals surface area contributed by atoms with Gasteiger partial charge < -0.3 is 4.42 Å². The number of hydrogen-bond donors (Lipinski definition) is 2. The number of benzene rings is 1. The molecule has 0 saturated carbocycles. The van der Waals surface area contributed by atoms with E-state index in [4.69, 9.17) is 33.5 Å². The molecule has 96 valence electrons. The van der Waals surface area contributed by atoms with Crippen LogP contribution in [-0.4, -0.2) is 0 Å². The molecular weight excluding hydrogens is 271 g/mol. The van der Waals surface area contributed by atoms with Gasteiger partial charge in [-0.25, -0.2) is 5.43 Å². The number of hydrazine groups is 1. The summed E-state index contributed by atoms with van der Waals surface area (Å²) in [5.74, 6) is 7.21. The van der Waals surface area contributed by atoms with Crippen LogP contribution in [0.3, 0.4) is 0 Å². The third-order valence-corrected chi connectivity index (χ3v) is 3.33. The predicted octanol–water partition coefficient (Wildman–Crippen LogP) is 3.64. The zero-order valence-electron chi connectivity index (χ0n) is 9.91. The second-order valence-corrected chi connectivity index (χ2v) is 4.95. The van der Waals surface area contributed by atoms with Crippen molar-refractivity contribution >= 4 is 23.2 Å². The molecule has 0 radical (unpaired) electrons. The Labute approximate surface area is 116 Å². The fourth-order valence-electron chi connectivity index (χ4n) is 1.79. The van der Waals surface area contributed by atoms with E-state index in [1.165, 1.54) is 0 Å². The molecule has 5 heteroatoms. The maximum absolute atomic E-state index is 6.14. The molecule has 1 atom stereocenters. The van der Waals surface area contributed by atoms with Gasteiger partial charge in [-0.05, 0) is 43.2 Å². The molecule has 0 aliphatic rings. The lowest BCUT2D eigenvalue weighted by Gasteiger charge is -2.14. The Bertz CT molecular complexity index is 540. The molecule has 1 aromatic heterocycles. The lowest BCUT2D eigenvalue weighted by molar-refractivity contribution is 0.403. The SMILES string of the molecule is Cc1ccc(C(Cc2ccc(Cl)cc2Cl)NN)o1. The Morgan fingerprint density at radius 2 is 2.06 bits per heavy atom. The third kappa shape index (κ3) is 3.06. The Morgan fingerprint density at radius 1 is 1.28 bits per heavy atom. The number of nitrogens with one attached hydrogen (secondary N) is 1. The van der Waals surface area contributed by atoms with Crippen LogP contribution >= 0.6 is 23.2 Å². The normalized spacial score (nSPS) is 12.7. The van der Waals surface area contributed by atoms with Crippen LogP contribution in [0.1, 0.15) is 23.1 Å². The number of halogens is 2. The van der Waals surface area contributed by atoms with Crippen molar-refractivity contribution in [2.24, 2.45) is 5.84 Å². The van der Waals surface area contributed by atoms with Crippen molar-refractivity contribution in [3.8, 4) is 0 Å². The number of rotatable bonds is 4. The second kappa shape index (κ2) is 5.76. The summed E-state index contributed by atoms with van der Waals surface area (Å²) in [5.41, 5.74) is 3.71. The highest BCUT2D eigenvalue weighted by Gasteiger charge is 2.15. The summed E-state index contributed by atoms with van der Waals surface area (Å²) in [5, 5.41) is 1.25. The number of hydrogen-bond acceptors (Lipinski definition) is 3. The van der Waals surface area contributed by atoms with Gasteiger partial charge in [-0.15, -0.1) is 0 Å². The molecule has 0 amide bonds. The fraction of sp³-hybridized carbons (Fsp3) is 0.231. The highest BCUT2D eigenvalue weighted by Crippen LogP contribution is 2.26. The summed E-state index contributed by atoms with van der Waals surface area (Å²) in [4.78, 5) is 0. The van der Waals surface area contributed by atoms with E-state index in [0.717, 1.165) is 17.1 Å². The van der Waals surface area contributed by atoms with Gasteiger partial charge in [-0.1, -0.05) is 29.3 Å². The Balaban J connectivity index is 2.20. The first-order valence-corrected chi connectivity index (χ1v) is 6.32. The number of aryl methyl sites for hydroxylation is 1. The first kappa shape index (κ1) is 13.4. The molecule has 18 heavy (non-hydrogen) atoms. The van der Waals surface area contributed by atoms with E-state index in [1.807, 2.05) is 31.2 Å². The molecule has 3 N–H and O–H groups in total. The minimum absolute atomic E-state index is 0.114. The molecule has 1 aromatic carbocycles. The van der Waals surface area contributed by atoms with E-state index >= 15 is 0 Å². The minimum Gasteiger partial charge on any atom is -0.465 e. The van der Waals surface area contributed by atoms with Crippen LogP contribution in [0.25, 0.3) is 0 Å². The van der Waals surface area contributed by atoms with Crippen LogP contribution in [0.15, 0.2) is 34.7 Å². The van der Waals surface area contributed by atoms with E-state index in [0.29, 0.717) is 16.5 Å². The van der Waals surface area contributed by atoms with Crippen LogP contribution in [0.5, 0.6) is 0 Å². The van der Waals surface area contributed by atoms with Crippen molar-refractivity contribution in [2.45, 2.75) is 19.4 Å². The Hall–Kier alpha value is -1.00. The monoisotopic (exact) mass is 284 g/mol. The van der Waals surface area contributed by atoms with Gasteiger partial charge in [0.1, 0.15) is 11.5 Å².